The summed E-state index contributed by atoms with van der Waals surface area (Å²) in [5.74, 6) is 3.42. The van der Waals surface area contributed by atoms with Gasteiger partial charge in [0.1, 0.15) is 0 Å². The smallest absolute Gasteiger partial charge is 0.229 e. The maximum Gasteiger partial charge on any atom is 0.229 e. The van der Waals surface area contributed by atoms with Gasteiger partial charge in [-0.25, -0.2) is 0 Å². The molecule has 1 aromatic heterocycles. The lowest BCUT2D eigenvalue weighted by atomic mass is 10.2. The summed E-state index contributed by atoms with van der Waals surface area (Å²) in [6.45, 7) is 2.17. The zero-order chi connectivity index (χ0) is 13.7. The van der Waals surface area contributed by atoms with E-state index in [0.717, 1.165) is 18.0 Å². The van der Waals surface area contributed by atoms with Crippen molar-refractivity contribution in [2.45, 2.75) is 42.8 Å². The molecular formula is C12H17N3O2S2. The molecule has 1 aromatic rings. The Hall–Kier alpha value is -0.710. The van der Waals surface area contributed by atoms with E-state index in [1.54, 1.807) is 0 Å². The van der Waals surface area contributed by atoms with Crippen LogP contribution in [0.5, 0.6) is 0 Å². The maximum atomic E-state index is 9.56. The van der Waals surface area contributed by atoms with E-state index in [-0.39, 0.29) is 18.1 Å². The molecule has 0 radical (unpaired) electrons. The fourth-order valence-electron chi connectivity index (χ4n) is 1.99. The molecule has 0 amide bonds. The van der Waals surface area contributed by atoms with Gasteiger partial charge in [-0.1, -0.05) is 12.1 Å². The third-order valence-electron chi connectivity index (χ3n) is 2.93. The summed E-state index contributed by atoms with van der Waals surface area (Å²) < 4.78 is 5.17. The number of aromatic nitrogens is 2. The van der Waals surface area contributed by atoms with Gasteiger partial charge in [0.15, 0.2) is 5.82 Å². The standard InChI is InChI=1S/C12H17N3O2S2/c1-2-9-11(19-6-5-18-9)12-14-10(17-15-12)7-8(16)3-4-13/h8-9,11,16H,2-3,5-7H2,1H3. The molecule has 5 nitrogen and oxygen atoms in total. The molecule has 1 aliphatic heterocycles. The van der Waals surface area contributed by atoms with E-state index < -0.39 is 6.10 Å². The molecule has 0 spiro atoms. The fourth-order valence-corrected chi connectivity index (χ4v) is 4.97. The zero-order valence-corrected chi connectivity index (χ0v) is 12.4. The highest BCUT2D eigenvalue weighted by atomic mass is 32.2. The van der Waals surface area contributed by atoms with Crippen molar-refractivity contribution in [2.24, 2.45) is 0 Å². The Morgan fingerprint density at radius 1 is 1.53 bits per heavy atom. The molecule has 1 aliphatic rings. The summed E-state index contributed by atoms with van der Waals surface area (Å²) >= 11 is 3.83. The van der Waals surface area contributed by atoms with E-state index in [1.807, 2.05) is 29.6 Å². The Balaban J connectivity index is 2.01. The molecule has 3 unspecified atom stereocenters. The lowest BCUT2D eigenvalue weighted by Crippen LogP contribution is -2.19. The molecule has 0 saturated carbocycles. The number of nitriles is 1. The zero-order valence-electron chi connectivity index (χ0n) is 10.8. The Bertz CT molecular complexity index is 446. The van der Waals surface area contributed by atoms with Crippen molar-refractivity contribution in [3.63, 3.8) is 0 Å². The molecule has 0 bridgehead atoms. The van der Waals surface area contributed by atoms with E-state index in [0.29, 0.717) is 11.1 Å². The van der Waals surface area contributed by atoms with Gasteiger partial charge >= 0.3 is 0 Å². The highest BCUT2D eigenvalue weighted by Crippen LogP contribution is 2.42. The van der Waals surface area contributed by atoms with Gasteiger partial charge in [-0.05, 0) is 6.42 Å². The van der Waals surface area contributed by atoms with Crippen LogP contribution < -0.4 is 0 Å². The van der Waals surface area contributed by atoms with Gasteiger partial charge in [-0.3, -0.25) is 0 Å². The number of hydrogen-bond donors (Lipinski definition) is 1. The van der Waals surface area contributed by atoms with Crippen LogP contribution in [-0.4, -0.2) is 38.1 Å². The summed E-state index contributed by atoms with van der Waals surface area (Å²) in [5.41, 5.74) is 0. The Kier molecular flexibility index (Phi) is 5.55. The second-order valence-corrected chi connectivity index (χ2v) is 6.97. The van der Waals surface area contributed by atoms with Crippen molar-refractivity contribution in [1.29, 1.82) is 5.26 Å². The summed E-state index contributed by atoms with van der Waals surface area (Å²) in [4.78, 5) is 4.37. The Labute approximate surface area is 121 Å². The third kappa shape index (κ3) is 3.88. The van der Waals surface area contributed by atoms with Gasteiger partial charge in [0, 0.05) is 16.8 Å². The van der Waals surface area contributed by atoms with Crippen molar-refractivity contribution in [1.82, 2.24) is 10.1 Å². The lowest BCUT2D eigenvalue weighted by Gasteiger charge is -2.27. The Morgan fingerprint density at radius 3 is 3.05 bits per heavy atom. The predicted molar refractivity (Wildman–Crippen MR) is 76.0 cm³/mol. The number of nitrogens with zero attached hydrogens (tertiary/aromatic N) is 3. The van der Waals surface area contributed by atoms with E-state index in [2.05, 4.69) is 17.1 Å². The monoisotopic (exact) mass is 299 g/mol. The van der Waals surface area contributed by atoms with Crippen molar-refractivity contribution >= 4 is 23.5 Å². The van der Waals surface area contributed by atoms with Gasteiger partial charge < -0.3 is 9.63 Å². The maximum absolute atomic E-state index is 9.56. The van der Waals surface area contributed by atoms with Crippen LogP contribution in [0.4, 0.5) is 0 Å². The topological polar surface area (TPSA) is 82.9 Å². The fraction of sp³-hybridized carbons (Fsp3) is 0.750. The van der Waals surface area contributed by atoms with Gasteiger partial charge in [0.05, 0.1) is 30.3 Å². The van der Waals surface area contributed by atoms with Crippen LogP contribution in [0.2, 0.25) is 0 Å². The van der Waals surface area contributed by atoms with Crippen LogP contribution in [0, 0.1) is 11.3 Å². The lowest BCUT2D eigenvalue weighted by molar-refractivity contribution is 0.167. The first-order valence-electron chi connectivity index (χ1n) is 6.35. The number of hydrogen-bond acceptors (Lipinski definition) is 7. The number of aliphatic hydroxyl groups is 1. The number of rotatable bonds is 5. The summed E-state index contributed by atoms with van der Waals surface area (Å²) in [6, 6.07) is 1.93. The minimum atomic E-state index is -0.728. The van der Waals surface area contributed by atoms with Gasteiger partial charge in [0.2, 0.25) is 5.89 Å². The SMILES string of the molecule is CCC1SCCSC1c1noc(CC(O)CC#N)n1. The third-order valence-corrected chi connectivity index (χ3v) is 6.17. The highest BCUT2D eigenvalue weighted by molar-refractivity contribution is 8.06. The molecule has 19 heavy (non-hydrogen) atoms. The van der Waals surface area contributed by atoms with Gasteiger partial charge in [-0.2, -0.15) is 22.0 Å². The predicted octanol–water partition coefficient (Wildman–Crippen LogP) is 2.19. The van der Waals surface area contributed by atoms with Crippen LogP contribution >= 0.6 is 23.5 Å². The van der Waals surface area contributed by atoms with Crippen molar-refractivity contribution < 1.29 is 9.63 Å². The van der Waals surface area contributed by atoms with Crippen LogP contribution in [-0.2, 0) is 6.42 Å². The normalized spacial score (nSPS) is 24.9. The molecule has 7 heteroatoms. The van der Waals surface area contributed by atoms with E-state index >= 15 is 0 Å². The first-order chi connectivity index (χ1) is 9.24. The second-order valence-electron chi connectivity index (χ2n) is 4.38. The molecule has 0 aromatic carbocycles. The summed E-state index contributed by atoms with van der Waals surface area (Å²) in [7, 11) is 0. The molecule has 0 aliphatic carbocycles. The van der Waals surface area contributed by atoms with Crippen LogP contribution in [0.15, 0.2) is 4.52 Å². The van der Waals surface area contributed by atoms with Crippen molar-refractivity contribution in [2.75, 3.05) is 11.5 Å². The molecule has 2 heterocycles. The van der Waals surface area contributed by atoms with E-state index in [9.17, 15) is 5.11 Å². The number of thioether (sulfide) groups is 2. The number of aliphatic hydroxyl groups excluding tert-OH is 1. The minimum absolute atomic E-state index is 0.0866. The molecule has 104 valence electrons. The average Bonchev–Trinajstić information content (AvgIpc) is 2.87. The van der Waals surface area contributed by atoms with Gasteiger partial charge in [0.25, 0.3) is 0 Å². The first-order valence-corrected chi connectivity index (χ1v) is 8.45. The van der Waals surface area contributed by atoms with Crippen molar-refractivity contribution in [3.05, 3.63) is 11.7 Å². The van der Waals surface area contributed by atoms with Crippen molar-refractivity contribution in [3.8, 4) is 6.07 Å². The summed E-state index contributed by atoms with van der Waals surface area (Å²) in [5, 5.41) is 22.9. The molecule has 1 N–H and O–H groups in total. The average molecular weight is 299 g/mol. The summed E-state index contributed by atoms with van der Waals surface area (Å²) in [6.07, 6.45) is 0.697. The molecule has 1 saturated heterocycles. The molecule has 1 fully saturated rings. The second kappa shape index (κ2) is 7.17. The van der Waals surface area contributed by atoms with Gasteiger partial charge in [-0.15, -0.1) is 11.8 Å². The van der Waals surface area contributed by atoms with Crippen LogP contribution in [0.25, 0.3) is 0 Å². The largest absolute Gasteiger partial charge is 0.392 e. The molecule has 2 rings (SSSR count). The van der Waals surface area contributed by atoms with E-state index in [1.165, 1.54) is 5.75 Å². The Morgan fingerprint density at radius 2 is 2.32 bits per heavy atom. The quantitative estimate of drug-likeness (QED) is 0.892. The minimum Gasteiger partial charge on any atom is -0.392 e. The highest BCUT2D eigenvalue weighted by Gasteiger charge is 2.30. The van der Waals surface area contributed by atoms with Crippen LogP contribution in [0.3, 0.4) is 0 Å². The molecule has 3 atom stereocenters. The van der Waals surface area contributed by atoms with E-state index in [4.69, 9.17) is 9.78 Å². The first kappa shape index (κ1) is 14.7. The van der Waals surface area contributed by atoms with Crippen LogP contribution in [0.1, 0.15) is 36.7 Å². The molecular weight excluding hydrogens is 282 g/mol.